The second-order valence-corrected chi connectivity index (χ2v) is 8.00. The van der Waals surface area contributed by atoms with E-state index in [-0.39, 0.29) is 17.4 Å². The Kier molecular flexibility index (Phi) is 4.24. The number of nitrogens with one attached hydrogen (secondary N) is 1. The van der Waals surface area contributed by atoms with Gasteiger partial charge in [0, 0.05) is 35.1 Å². The predicted molar refractivity (Wildman–Crippen MR) is 99.7 cm³/mol. The van der Waals surface area contributed by atoms with Crippen LogP contribution in [0, 0.1) is 5.41 Å². The number of carbonyl (C=O) groups excluding carboxylic acids is 1. The summed E-state index contributed by atoms with van der Waals surface area (Å²) in [7, 11) is 0. The lowest BCUT2D eigenvalue weighted by Gasteiger charge is -2.36. The van der Waals surface area contributed by atoms with Crippen LogP contribution in [0.5, 0.6) is 0 Å². The molecule has 0 fully saturated rings. The molecule has 0 aliphatic heterocycles. The summed E-state index contributed by atoms with van der Waals surface area (Å²) in [4.78, 5) is 30.0. The van der Waals surface area contributed by atoms with Gasteiger partial charge in [0.25, 0.3) is 5.91 Å². The largest absolute Gasteiger partial charge is 0.344 e. The highest BCUT2D eigenvalue weighted by Crippen LogP contribution is 2.40. The van der Waals surface area contributed by atoms with Crippen molar-refractivity contribution in [3.05, 3.63) is 58.6 Å². The Morgan fingerprint density at radius 3 is 2.92 bits per heavy atom. The molecule has 132 valence electrons. The van der Waals surface area contributed by atoms with Crippen LogP contribution < -0.4 is 5.32 Å². The third kappa shape index (κ3) is 3.35. The van der Waals surface area contributed by atoms with E-state index in [1.807, 2.05) is 18.3 Å². The number of rotatable bonds is 3. The van der Waals surface area contributed by atoms with Crippen LogP contribution >= 0.6 is 11.3 Å². The lowest BCUT2D eigenvalue weighted by molar-refractivity contribution is 0.0914. The lowest BCUT2D eigenvalue weighted by Crippen LogP contribution is -2.37. The van der Waals surface area contributed by atoms with Crippen LogP contribution in [-0.4, -0.2) is 25.8 Å². The van der Waals surface area contributed by atoms with Crippen LogP contribution in [0.4, 0.5) is 0 Å². The van der Waals surface area contributed by atoms with Crippen molar-refractivity contribution in [3.63, 3.8) is 0 Å². The Labute approximate surface area is 155 Å². The molecule has 0 bridgehead atoms. The van der Waals surface area contributed by atoms with Crippen molar-refractivity contribution < 1.29 is 4.79 Å². The fourth-order valence-electron chi connectivity index (χ4n) is 3.37. The highest BCUT2D eigenvalue weighted by atomic mass is 32.1. The third-order valence-corrected chi connectivity index (χ3v) is 5.15. The molecule has 1 aliphatic carbocycles. The number of hydrogen-bond acceptors (Lipinski definition) is 6. The first-order valence-electron chi connectivity index (χ1n) is 8.47. The highest BCUT2D eigenvalue weighted by Gasteiger charge is 2.34. The van der Waals surface area contributed by atoms with Gasteiger partial charge in [0.15, 0.2) is 5.82 Å². The normalized spacial score (nSPS) is 18.2. The Balaban J connectivity index is 1.67. The summed E-state index contributed by atoms with van der Waals surface area (Å²) in [5.41, 5.74) is 5.01. The molecule has 7 heteroatoms. The zero-order valence-electron chi connectivity index (χ0n) is 14.6. The second-order valence-electron chi connectivity index (χ2n) is 7.28. The maximum absolute atomic E-state index is 12.5. The van der Waals surface area contributed by atoms with Crippen LogP contribution in [0.25, 0.3) is 11.4 Å². The smallest absolute Gasteiger partial charge is 0.271 e. The summed E-state index contributed by atoms with van der Waals surface area (Å²) in [6.07, 6.45) is 7.02. The van der Waals surface area contributed by atoms with Gasteiger partial charge >= 0.3 is 0 Å². The van der Waals surface area contributed by atoms with Gasteiger partial charge in [-0.15, -0.1) is 11.3 Å². The molecule has 1 N–H and O–H groups in total. The van der Waals surface area contributed by atoms with Gasteiger partial charge in [-0.1, -0.05) is 13.8 Å². The molecule has 0 radical (unpaired) electrons. The second kappa shape index (κ2) is 6.57. The fourth-order valence-corrected chi connectivity index (χ4v) is 3.90. The summed E-state index contributed by atoms with van der Waals surface area (Å²) in [6.45, 7) is 4.40. The van der Waals surface area contributed by atoms with Crippen LogP contribution in [-0.2, 0) is 6.42 Å². The molecule has 6 nitrogen and oxygen atoms in total. The summed E-state index contributed by atoms with van der Waals surface area (Å²) in [5, 5.41) is 4.86. The summed E-state index contributed by atoms with van der Waals surface area (Å²) in [6, 6.07) is 3.70. The van der Waals surface area contributed by atoms with Crippen LogP contribution in [0.15, 0.2) is 41.6 Å². The van der Waals surface area contributed by atoms with E-state index in [0.29, 0.717) is 11.5 Å². The summed E-state index contributed by atoms with van der Waals surface area (Å²) < 4.78 is 0. The maximum atomic E-state index is 12.5. The van der Waals surface area contributed by atoms with Gasteiger partial charge in [-0.2, -0.15) is 0 Å². The molecule has 3 aromatic heterocycles. The van der Waals surface area contributed by atoms with E-state index in [1.165, 1.54) is 11.3 Å². The first-order chi connectivity index (χ1) is 12.5. The first kappa shape index (κ1) is 16.8. The fraction of sp³-hybridized carbons (Fsp3) is 0.316. The van der Waals surface area contributed by atoms with Crippen molar-refractivity contribution in [2.45, 2.75) is 32.7 Å². The minimum Gasteiger partial charge on any atom is -0.344 e. The number of nitrogens with zero attached hydrogens (tertiary/aromatic N) is 4. The quantitative estimate of drug-likeness (QED) is 0.769. The number of aromatic nitrogens is 4. The Morgan fingerprint density at radius 1 is 1.31 bits per heavy atom. The van der Waals surface area contributed by atoms with Crippen LogP contribution in [0.2, 0.25) is 0 Å². The molecule has 0 saturated carbocycles. The first-order valence-corrected chi connectivity index (χ1v) is 9.41. The van der Waals surface area contributed by atoms with E-state index >= 15 is 0 Å². The van der Waals surface area contributed by atoms with Crippen LogP contribution in [0.1, 0.15) is 48.1 Å². The Bertz CT molecular complexity index is 924. The molecule has 1 amide bonds. The number of pyridine rings is 1. The topological polar surface area (TPSA) is 80.7 Å². The summed E-state index contributed by atoms with van der Waals surface area (Å²) in [5.74, 6) is 0.510. The van der Waals surface area contributed by atoms with Crippen molar-refractivity contribution in [3.8, 4) is 11.4 Å². The molecule has 26 heavy (non-hydrogen) atoms. The molecule has 0 saturated heterocycles. The van der Waals surface area contributed by atoms with Crippen molar-refractivity contribution in [2.24, 2.45) is 5.41 Å². The Morgan fingerprint density at radius 2 is 2.19 bits per heavy atom. The minimum absolute atomic E-state index is 0.0353. The number of amides is 1. The van der Waals surface area contributed by atoms with Gasteiger partial charge in [-0.3, -0.25) is 9.78 Å². The van der Waals surface area contributed by atoms with E-state index in [0.717, 1.165) is 29.7 Å². The minimum atomic E-state index is -0.156. The third-order valence-electron chi connectivity index (χ3n) is 4.57. The van der Waals surface area contributed by atoms with Crippen molar-refractivity contribution in [1.29, 1.82) is 0 Å². The van der Waals surface area contributed by atoms with Gasteiger partial charge in [0.2, 0.25) is 0 Å². The maximum Gasteiger partial charge on any atom is 0.271 e. The van der Waals surface area contributed by atoms with Crippen molar-refractivity contribution in [1.82, 2.24) is 25.3 Å². The van der Waals surface area contributed by atoms with E-state index < -0.39 is 0 Å². The van der Waals surface area contributed by atoms with Gasteiger partial charge in [-0.25, -0.2) is 15.0 Å². The number of carbonyl (C=O) groups is 1. The monoisotopic (exact) mass is 365 g/mol. The van der Waals surface area contributed by atoms with Crippen LogP contribution in [0.3, 0.4) is 0 Å². The van der Waals surface area contributed by atoms with Gasteiger partial charge < -0.3 is 5.32 Å². The van der Waals surface area contributed by atoms with Gasteiger partial charge in [0.05, 0.1) is 17.2 Å². The van der Waals surface area contributed by atoms with Gasteiger partial charge in [-0.05, 0) is 30.4 Å². The molecule has 1 aliphatic rings. The molecular formula is C19H19N5OS. The van der Waals surface area contributed by atoms with E-state index in [4.69, 9.17) is 4.98 Å². The SMILES string of the molecule is CC1(C)Cc2nc(-c3cccnc3)ncc2C(NC(=O)c2cscn2)C1. The van der Waals surface area contributed by atoms with E-state index in [9.17, 15) is 4.79 Å². The van der Waals surface area contributed by atoms with E-state index in [2.05, 4.69) is 34.1 Å². The van der Waals surface area contributed by atoms with E-state index in [1.54, 1.807) is 23.3 Å². The molecule has 0 spiro atoms. The molecular weight excluding hydrogens is 346 g/mol. The molecule has 3 aromatic rings. The molecule has 1 atom stereocenters. The van der Waals surface area contributed by atoms with Crippen molar-refractivity contribution in [2.75, 3.05) is 0 Å². The average molecular weight is 365 g/mol. The zero-order chi connectivity index (χ0) is 18.1. The highest BCUT2D eigenvalue weighted by molar-refractivity contribution is 7.07. The average Bonchev–Trinajstić information content (AvgIpc) is 3.16. The summed E-state index contributed by atoms with van der Waals surface area (Å²) >= 11 is 1.41. The molecule has 1 unspecified atom stereocenters. The Hall–Kier alpha value is -2.67. The van der Waals surface area contributed by atoms with Gasteiger partial charge in [0.1, 0.15) is 5.69 Å². The standard InChI is InChI=1S/C19H19N5OS/c1-19(2)6-14-13(9-21-17(23-14)12-4-3-5-20-8-12)15(7-19)24-18(25)16-10-26-11-22-16/h3-5,8-11,15H,6-7H2,1-2H3,(H,24,25). The van der Waals surface area contributed by atoms with Crippen molar-refractivity contribution >= 4 is 17.2 Å². The molecule has 4 rings (SSSR count). The number of thiazole rings is 1. The number of hydrogen-bond donors (Lipinski definition) is 1. The predicted octanol–water partition coefficient (Wildman–Crippen LogP) is 3.44. The number of fused-ring (bicyclic) bond motifs is 1. The molecule has 3 heterocycles. The molecule has 0 aromatic carbocycles. The zero-order valence-corrected chi connectivity index (χ0v) is 15.5. The lowest BCUT2D eigenvalue weighted by atomic mass is 9.74.